The summed E-state index contributed by atoms with van der Waals surface area (Å²) in [6, 6.07) is 9.84. The van der Waals surface area contributed by atoms with E-state index in [1.807, 2.05) is 43.3 Å². The van der Waals surface area contributed by atoms with Crippen LogP contribution >= 0.6 is 0 Å². The first-order valence-corrected chi connectivity index (χ1v) is 7.50. The summed E-state index contributed by atoms with van der Waals surface area (Å²) in [7, 11) is 0. The summed E-state index contributed by atoms with van der Waals surface area (Å²) in [5, 5.41) is 10.7. The zero-order valence-corrected chi connectivity index (χ0v) is 13.1. The summed E-state index contributed by atoms with van der Waals surface area (Å²) in [6.07, 6.45) is 7.75. The van der Waals surface area contributed by atoms with Crippen molar-refractivity contribution in [2.45, 2.75) is 52.6 Å². The molecule has 2 rings (SSSR count). The Labute approximate surface area is 123 Å². The van der Waals surface area contributed by atoms with E-state index in [9.17, 15) is 5.11 Å². The quantitative estimate of drug-likeness (QED) is 0.821. The van der Waals surface area contributed by atoms with Crippen molar-refractivity contribution >= 4 is 0 Å². The fourth-order valence-corrected chi connectivity index (χ4v) is 3.13. The van der Waals surface area contributed by atoms with Gasteiger partial charge in [0.25, 0.3) is 0 Å². The Kier molecular flexibility index (Phi) is 4.19. The second-order valence-corrected chi connectivity index (χ2v) is 6.78. The molecule has 0 spiro atoms. The average Bonchev–Trinajstić information content (AvgIpc) is 2.38. The first-order valence-electron chi connectivity index (χ1n) is 7.50. The molecule has 0 aromatic heterocycles. The predicted molar refractivity (Wildman–Crippen MR) is 85.5 cm³/mol. The standard InChI is InChI=1S/C19H26O/c1-15-9-8-13-18(2,3)17(15)12-14-19(4,20)16-10-6-5-7-11-16/h5-7,10-12,14,20H,8-9,13H2,1-4H3/b14-12+. The van der Waals surface area contributed by atoms with Crippen molar-refractivity contribution in [2.75, 3.05) is 0 Å². The van der Waals surface area contributed by atoms with Crippen LogP contribution in [-0.2, 0) is 5.60 Å². The highest BCUT2D eigenvalue weighted by Crippen LogP contribution is 2.41. The summed E-state index contributed by atoms with van der Waals surface area (Å²) in [5.74, 6) is 0. The van der Waals surface area contributed by atoms with Crippen LogP contribution in [0.2, 0.25) is 0 Å². The molecule has 108 valence electrons. The molecule has 0 saturated heterocycles. The van der Waals surface area contributed by atoms with Crippen molar-refractivity contribution in [1.29, 1.82) is 0 Å². The average molecular weight is 270 g/mol. The Morgan fingerprint density at radius 2 is 1.85 bits per heavy atom. The fourth-order valence-electron chi connectivity index (χ4n) is 3.13. The highest BCUT2D eigenvalue weighted by Gasteiger charge is 2.27. The van der Waals surface area contributed by atoms with Crippen LogP contribution in [0.5, 0.6) is 0 Å². The summed E-state index contributed by atoms with van der Waals surface area (Å²) >= 11 is 0. The lowest BCUT2D eigenvalue weighted by Crippen LogP contribution is -2.21. The summed E-state index contributed by atoms with van der Waals surface area (Å²) < 4.78 is 0. The maximum atomic E-state index is 10.7. The Morgan fingerprint density at radius 1 is 1.20 bits per heavy atom. The van der Waals surface area contributed by atoms with Gasteiger partial charge in [-0.2, -0.15) is 0 Å². The van der Waals surface area contributed by atoms with Gasteiger partial charge in [-0.1, -0.05) is 55.8 Å². The summed E-state index contributed by atoms with van der Waals surface area (Å²) in [6.45, 7) is 8.67. The van der Waals surface area contributed by atoms with Crippen LogP contribution in [0.25, 0.3) is 0 Å². The van der Waals surface area contributed by atoms with Gasteiger partial charge >= 0.3 is 0 Å². The molecule has 0 bridgehead atoms. The molecular formula is C19H26O. The zero-order chi connectivity index (χ0) is 14.8. The predicted octanol–water partition coefficient (Wildman–Crippen LogP) is 4.98. The third kappa shape index (κ3) is 3.21. The van der Waals surface area contributed by atoms with Crippen LogP contribution in [-0.4, -0.2) is 5.11 Å². The molecule has 20 heavy (non-hydrogen) atoms. The van der Waals surface area contributed by atoms with E-state index in [4.69, 9.17) is 0 Å². The van der Waals surface area contributed by atoms with Crippen LogP contribution < -0.4 is 0 Å². The SMILES string of the molecule is CC1=C(/C=C/C(C)(O)c2ccccc2)C(C)(C)CCC1. The molecule has 1 aliphatic rings. The van der Waals surface area contributed by atoms with Gasteiger partial charge in [-0.25, -0.2) is 0 Å². The minimum atomic E-state index is -0.915. The smallest absolute Gasteiger partial charge is 0.105 e. The lowest BCUT2D eigenvalue weighted by atomic mass is 9.72. The monoisotopic (exact) mass is 270 g/mol. The van der Waals surface area contributed by atoms with Crippen LogP contribution in [0.4, 0.5) is 0 Å². The molecule has 1 aromatic rings. The minimum Gasteiger partial charge on any atom is -0.381 e. The molecule has 0 heterocycles. The van der Waals surface area contributed by atoms with Gasteiger partial charge in [0, 0.05) is 0 Å². The Hall–Kier alpha value is -1.34. The van der Waals surface area contributed by atoms with Crippen LogP contribution in [0, 0.1) is 5.41 Å². The Bertz CT molecular complexity index is 518. The molecule has 0 aliphatic heterocycles. The normalized spacial score (nSPS) is 22.1. The van der Waals surface area contributed by atoms with Crippen molar-refractivity contribution in [3.05, 3.63) is 59.2 Å². The first-order chi connectivity index (χ1) is 9.33. The second-order valence-electron chi connectivity index (χ2n) is 6.78. The van der Waals surface area contributed by atoms with E-state index in [1.54, 1.807) is 0 Å². The molecule has 1 N–H and O–H groups in total. The van der Waals surface area contributed by atoms with E-state index in [-0.39, 0.29) is 5.41 Å². The lowest BCUT2D eigenvalue weighted by molar-refractivity contribution is 0.111. The van der Waals surface area contributed by atoms with Gasteiger partial charge in [0.15, 0.2) is 0 Å². The molecule has 0 radical (unpaired) electrons. The van der Waals surface area contributed by atoms with E-state index < -0.39 is 5.60 Å². The van der Waals surface area contributed by atoms with E-state index in [2.05, 4.69) is 26.8 Å². The zero-order valence-electron chi connectivity index (χ0n) is 13.1. The van der Waals surface area contributed by atoms with Crippen molar-refractivity contribution in [2.24, 2.45) is 5.41 Å². The molecule has 1 unspecified atom stereocenters. The Morgan fingerprint density at radius 3 is 2.45 bits per heavy atom. The van der Waals surface area contributed by atoms with E-state index >= 15 is 0 Å². The first kappa shape index (κ1) is 15.1. The van der Waals surface area contributed by atoms with Gasteiger partial charge in [-0.15, -0.1) is 0 Å². The van der Waals surface area contributed by atoms with Gasteiger partial charge < -0.3 is 5.11 Å². The summed E-state index contributed by atoms with van der Waals surface area (Å²) in [5.41, 5.74) is 3.08. The second kappa shape index (κ2) is 5.57. The molecule has 1 aliphatic carbocycles. The third-order valence-electron chi connectivity index (χ3n) is 4.48. The molecule has 1 heteroatoms. The molecule has 1 atom stereocenters. The number of hydrogen-bond donors (Lipinski definition) is 1. The Balaban J connectivity index is 2.29. The highest BCUT2D eigenvalue weighted by atomic mass is 16.3. The number of rotatable bonds is 3. The van der Waals surface area contributed by atoms with Crippen LogP contribution in [0.15, 0.2) is 53.6 Å². The molecule has 0 fully saturated rings. The minimum absolute atomic E-state index is 0.214. The topological polar surface area (TPSA) is 20.2 Å². The number of benzene rings is 1. The number of aliphatic hydroxyl groups is 1. The summed E-state index contributed by atoms with van der Waals surface area (Å²) in [4.78, 5) is 0. The van der Waals surface area contributed by atoms with Crippen LogP contribution in [0.3, 0.4) is 0 Å². The van der Waals surface area contributed by atoms with E-state index in [1.165, 1.54) is 30.4 Å². The molecule has 1 aromatic carbocycles. The van der Waals surface area contributed by atoms with Crippen LogP contribution in [0.1, 0.15) is 52.5 Å². The van der Waals surface area contributed by atoms with Gasteiger partial charge in [-0.3, -0.25) is 0 Å². The van der Waals surface area contributed by atoms with Crippen molar-refractivity contribution in [3.63, 3.8) is 0 Å². The van der Waals surface area contributed by atoms with Crippen molar-refractivity contribution < 1.29 is 5.11 Å². The number of hydrogen-bond acceptors (Lipinski definition) is 1. The molecule has 1 nitrogen and oxygen atoms in total. The molecule has 0 amide bonds. The maximum Gasteiger partial charge on any atom is 0.105 e. The third-order valence-corrected chi connectivity index (χ3v) is 4.48. The van der Waals surface area contributed by atoms with Gasteiger partial charge in [-0.05, 0) is 55.7 Å². The number of allylic oxidation sites excluding steroid dienone is 3. The van der Waals surface area contributed by atoms with E-state index in [0.29, 0.717) is 0 Å². The van der Waals surface area contributed by atoms with Crippen molar-refractivity contribution in [3.8, 4) is 0 Å². The van der Waals surface area contributed by atoms with Crippen molar-refractivity contribution in [1.82, 2.24) is 0 Å². The maximum absolute atomic E-state index is 10.7. The fraction of sp³-hybridized carbons (Fsp3) is 0.474. The largest absolute Gasteiger partial charge is 0.381 e. The van der Waals surface area contributed by atoms with Gasteiger partial charge in [0.05, 0.1) is 0 Å². The molecular weight excluding hydrogens is 244 g/mol. The lowest BCUT2D eigenvalue weighted by Gasteiger charge is -2.33. The van der Waals surface area contributed by atoms with Gasteiger partial charge in [0.2, 0.25) is 0 Å². The molecule has 0 saturated carbocycles. The van der Waals surface area contributed by atoms with E-state index in [0.717, 1.165) is 5.56 Å². The highest BCUT2D eigenvalue weighted by molar-refractivity contribution is 5.36. The van der Waals surface area contributed by atoms with Gasteiger partial charge in [0.1, 0.15) is 5.60 Å².